The Bertz CT molecular complexity index is 969. The van der Waals surface area contributed by atoms with Crippen molar-refractivity contribution in [2.24, 2.45) is 0 Å². The van der Waals surface area contributed by atoms with Crippen LogP contribution in [0.15, 0.2) is 60.9 Å². The van der Waals surface area contributed by atoms with Crippen LogP contribution < -0.4 is 11.1 Å². The number of nitrogen functional groups attached to an aromatic ring is 1. The number of rotatable bonds is 6. The number of nitrogens with two attached hydrogens (primary N) is 1. The third-order valence-corrected chi connectivity index (χ3v) is 5.32. The molecule has 1 saturated carbocycles. The second kappa shape index (κ2) is 8.68. The van der Waals surface area contributed by atoms with Crippen molar-refractivity contribution in [3.63, 3.8) is 0 Å². The fraction of sp³-hybridized carbons (Fsp3) is 0.273. The van der Waals surface area contributed by atoms with Gasteiger partial charge in [-0.2, -0.15) is 5.10 Å². The van der Waals surface area contributed by atoms with Gasteiger partial charge in [-0.15, -0.1) is 0 Å². The Morgan fingerprint density at radius 2 is 2.07 bits per heavy atom. The molecule has 2 aromatic carbocycles. The molecule has 29 heavy (non-hydrogen) atoms. The molecule has 1 amide bonds. The Balaban J connectivity index is 1.41. The zero-order chi connectivity index (χ0) is 20.2. The van der Waals surface area contributed by atoms with E-state index in [1.54, 1.807) is 30.6 Å². The lowest BCUT2D eigenvalue weighted by Crippen LogP contribution is -2.22. The molecular formula is C22H23ClN4O2. The third-order valence-electron chi connectivity index (χ3n) is 5.11. The maximum absolute atomic E-state index is 12.6. The van der Waals surface area contributed by atoms with Crippen LogP contribution in [-0.2, 0) is 11.3 Å². The molecule has 1 aromatic heterocycles. The van der Waals surface area contributed by atoms with Crippen LogP contribution in [0.2, 0.25) is 5.02 Å². The van der Waals surface area contributed by atoms with Crippen molar-refractivity contribution in [1.29, 1.82) is 0 Å². The van der Waals surface area contributed by atoms with E-state index < -0.39 is 0 Å². The molecule has 0 aliphatic heterocycles. The minimum atomic E-state index is -0.252. The van der Waals surface area contributed by atoms with E-state index in [0.29, 0.717) is 28.6 Å². The summed E-state index contributed by atoms with van der Waals surface area (Å²) in [5, 5.41) is 7.71. The molecule has 3 aromatic rings. The van der Waals surface area contributed by atoms with Crippen LogP contribution in [0.25, 0.3) is 0 Å². The van der Waals surface area contributed by atoms with Crippen LogP contribution >= 0.6 is 11.6 Å². The lowest BCUT2D eigenvalue weighted by molar-refractivity contribution is 0.0166. The summed E-state index contributed by atoms with van der Waals surface area (Å²) in [7, 11) is 0. The summed E-state index contributed by atoms with van der Waals surface area (Å²) >= 11 is 6.00. The highest BCUT2D eigenvalue weighted by Gasteiger charge is 2.30. The normalized spacial score (nSPS) is 18.7. The van der Waals surface area contributed by atoms with Gasteiger partial charge in [0.1, 0.15) is 0 Å². The number of hydrogen-bond donors (Lipinski definition) is 2. The molecular weight excluding hydrogens is 388 g/mol. The number of ether oxygens (including phenoxy) is 1. The fourth-order valence-electron chi connectivity index (χ4n) is 3.71. The quantitative estimate of drug-likeness (QED) is 0.578. The first-order valence-electron chi connectivity index (χ1n) is 9.65. The number of carbonyl (C=O) groups excluding carboxylic acids is 1. The number of amides is 1. The van der Waals surface area contributed by atoms with Gasteiger partial charge in [0.25, 0.3) is 5.91 Å². The molecule has 1 fully saturated rings. The molecule has 4 rings (SSSR count). The maximum Gasteiger partial charge on any atom is 0.258 e. The number of aromatic nitrogens is 2. The Morgan fingerprint density at radius 3 is 2.86 bits per heavy atom. The van der Waals surface area contributed by atoms with Crippen molar-refractivity contribution in [2.45, 2.75) is 38.0 Å². The van der Waals surface area contributed by atoms with Gasteiger partial charge in [-0.05, 0) is 43.0 Å². The lowest BCUT2D eigenvalue weighted by atomic mass is 10.2. The summed E-state index contributed by atoms with van der Waals surface area (Å²) in [5.74, 6) is -0.252. The molecule has 2 unspecified atom stereocenters. The van der Waals surface area contributed by atoms with Gasteiger partial charge in [0.15, 0.2) is 0 Å². The summed E-state index contributed by atoms with van der Waals surface area (Å²) in [6, 6.07) is 15.2. The molecule has 0 bridgehead atoms. The lowest BCUT2D eigenvalue weighted by Gasteiger charge is -2.20. The molecule has 7 heteroatoms. The summed E-state index contributed by atoms with van der Waals surface area (Å²) in [6.45, 7) is 0.576. The van der Waals surface area contributed by atoms with Crippen molar-refractivity contribution in [3.05, 3.63) is 77.1 Å². The molecule has 1 aliphatic carbocycles. The van der Waals surface area contributed by atoms with Crippen molar-refractivity contribution in [3.8, 4) is 0 Å². The van der Waals surface area contributed by atoms with E-state index in [-0.39, 0.29) is 18.1 Å². The molecule has 0 spiro atoms. The predicted octanol–water partition coefficient (Wildman–Crippen LogP) is 4.68. The molecule has 0 saturated heterocycles. The highest BCUT2D eigenvalue weighted by molar-refractivity contribution is 6.31. The van der Waals surface area contributed by atoms with E-state index in [1.807, 2.05) is 22.9 Å². The Kier molecular flexibility index (Phi) is 5.83. The highest BCUT2D eigenvalue weighted by Crippen LogP contribution is 2.33. The molecule has 1 aliphatic rings. The van der Waals surface area contributed by atoms with Crippen molar-refractivity contribution in [1.82, 2.24) is 9.78 Å². The van der Waals surface area contributed by atoms with Gasteiger partial charge in [-0.25, -0.2) is 0 Å². The molecule has 3 N–H and O–H groups in total. The Labute approximate surface area is 174 Å². The topological polar surface area (TPSA) is 82.2 Å². The smallest absolute Gasteiger partial charge is 0.258 e. The monoisotopic (exact) mass is 410 g/mol. The van der Waals surface area contributed by atoms with Gasteiger partial charge in [0.05, 0.1) is 30.5 Å². The fourth-order valence-corrected chi connectivity index (χ4v) is 3.95. The number of nitrogens with one attached hydrogen (secondary N) is 1. The second-order valence-electron chi connectivity index (χ2n) is 7.27. The standard InChI is InChI=1S/C22H23ClN4O2/c23-17-9-18(24)11-19(10-17)26-22(28)16-12-25-27(13-16)20-7-4-8-21(20)29-14-15-5-2-1-3-6-15/h1-3,5-6,9-13,20-21H,4,7-8,14,24H2,(H,26,28). The summed E-state index contributed by atoms with van der Waals surface area (Å²) in [4.78, 5) is 12.6. The van der Waals surface area contributed by atoms with Crippen LogP contribution in [0.3, 0.4) is 0 Å². The molecule has 6 nitrogen and oxygen atoms in total. The van der Waals surface area contributed by atoms with Gasteiger partial charge >= 0.3 is 0 Å². The minimum Gasteiger partial charge on any atom is -0.399 e. The zero-order valence-corrected chi connectivity index (χ0v) is 16.7. The van der Waals surface area contributed by atoms with E-state index in [9.17, 15) is 4.79 Å². The average molecular weight is 411 g/mol. The van der Waals surface area contributed by atoms with E-state index in [4.69, 9.17) is 22.1 Å². The van der Waals surface area contributed by atoms with Gasteiger partial charge < -0.3 is 15.8 Å². The van der Waals surface area contributed by atoms with Crippen molar-refractivity contribution in [2.75, 3.05) is 11.1 Å². The van der Waals surface area contributed by atoms with Crippen LogP contribution in [0.1, 0.15) is 41.2 Å². The minimum absolute atomic E-state index is 0.0822. The Morgan fingerprint density at radius 1 is 1.24 bits per heavy atom. The number of hydrogen-bond acceptors (Lipinski definition) is 4. The number of anilines is 2. The summed E-state index contributed by atoms with van der Waals surface area (Å²) in [6.07, 6.45) is 6.48. The number of carbonyl (C=O) groups is 1. The second-order valence-corrected chi connectivity index (χ2v) is 7.71. The third kappa shape index (κ3) is 4.78. The largest absolute Gasteiger partial charge is 0.399 e. The first kappa shape index (κ1) is 19.5. The van der Waals surface area contributed by atoms with E-state index >= 15 is 0 Å². The molecule has 1 heterocycles. The van der Waals surface area contributed by atoms with Crippen molar-refractivity contribution >= 4 is 28.9 Å². The van der Waals surface area contributed by atoms with Crippen LogP contribution in [0, 0.1) is 0 Å². The SMILES string of the molecule is Nc1cc(Cl)cc(NC(=O)c2cnn(C3CCCC3OCc3ccccc3)c2)c1. The van der Waals surface area contributed by atoms with Crippen LogP contribution in [-0.4, -0.2) is 21.8 Å². The first-order valence-corrected chi connectivity index (χ1v) is 10.0. The van der Waals surface area contributed by atoms with Gasteiger partial charge in [0.2, 0.25) is 0 Å². The van der Waals surface area contributed by atoms with E-state index in [0.717, 1.165) is 24.8 Å². The van der Waals surface area contributed by atoms with Gasteiger partial charge in [-0.3, -0.25) is 9.48 Å². The number of benzene rings is 2. The van der Waals surface area contributed by atoms with E-state index in [2.05, 4.69) is 22.5 Å². The molecule has 150 valence electrons. The average Bonchev–Trinajstić information content (AvgIpc) is 3.35. The molecule has 0 radical (unpaired) electrons. The van der Waals surface area contributed by atoms with Gasteiger partial charge in [-0.1, -0.05) is 41.9 Å². The molecule has 2 atom stereocenters. The predicted molar refractivity (Wildman–Crippen MR) is 114 cm³/mol. The summed E-state index contributed by atoms with van der Waals surface area (Å²) in [5.41, 5.74) is 8.46. The van der Waals surface area contributed by atoms with Crippen LogP contribution in [0.4, 0.5) is 11.4 Å². The highest BCUT2D eigenvalue weighted by atomic mass is 35.5. The zero-order valence-electron chi connectivity index (χ0n) is 15.9. The Hall–Kier alpha value is -2.83. The maximum atomic E-state index is 12.6. The van der Waals surface area contributed by atoms with E-state index in [1.165, 1.54) is 0 Å². The number of halogens is 1. The first-order chi connectivity index (χ1) is 14.1. The number of nitrogens with zero attached hydrogens (tertiary/aromatic N) is 2. The van der Waals surface area contributed by atoms with Crippen LogP contribution in [0.5, 0.6) is 0 Å². The van der Waals surface area contributed by atoms with Gasteiger partial charge in [0, 0.05) is 22.6 Å². The summed E-state index contributed by atoms with van der Waals surface area (Å²) < 4.78 is 8.01. The van der Waals surface area contributed by atoms with Crippen molar-refractivity contribution < 1.29 is 9.53 Å².